The lowest BCUT2D eigenvalue weighted by Crippen LogP contribution is -1.96. The predicted octanol–water partition coefficient (Wildman–Crippen LogP) is 1.24. The summed E-state index contributed by atoms with van der Waals surface area (Å²) in [4.78, 5) is -0.322. The second-order valence-electron chi connectivity index (χ2n) is 2.46. The Morgan fingerprint density at radius 3 is 2.42 bits per heavy atom. The molecule has 0 aliphatic heterocycles. The van der Waals surface area contributed by atoms with Gasteiger partial charge in [-0.15, -0.1) is 3.89 Å². The van der Waals surface area contributed by atoms with E-state index in [4.69, 9.17) is 5.73 Å². The van der Waals surface area contributed by atoms with Crippen molar-refractivity contribution in [3.8, 4) is 0 Å². The molecular weight excluding hydrogens is 181 g/mol. The molecule has 0 aromatic heterocycles. The number of anilines is 1. The molecule has 1 aromatic rings. The molecule has 0 atom stereocenters. The summed E-state index contributed by atoms with van der Waals surface area (Å²) in [5, 5.41) is 0. The summed E-state index contributed by atoms with van der Waals surface area (Å²) in [6, 6.07) is 3.91. The van der Waals surface area contributed by atoms with Crippen LogP contribution in [0.15, 0.2) is 23.1 Å². The van der Waals surface area contributed by atoms with Crippen LogP contribution < -0.4 is 5.73 Å². The highest BCUT2D eigenvalue weighted by molar-refractivity contribution is 7.86. The predicted molar refractivity (Wildman–Crippen MR) is 43.9 cm³/mol. The number of nitrogens with two attached hydrogens (primary N) is 1. The largest absolute Gasteiger partial charge is 0.399 e. The van der Waals surface area contributed by atoms with Gasteiger partial charge < -0.3 is 5.73 Å². The molecule has 2 N–H and O–H groups in total. The van der Waals surface area contributed by atoms with Crippen LogP contribution in [0.5, 0.6) is 0 Å². The number of rotatable bonds is 1. The van der Waals surface area contributed by atoms with Crippen LogP contribution in [0.4, 0.5) is 9.57 Å². The van der Waals surface area contributed by atoms with Crippen LogP contribution in [0.1, 0.15) is 5.56 Å². The third-order valence-corrected chi connectivity index (χ3v) is 2.45. The zero-order valence-corrected chi connectivity index (χ0v) is 7.23. The molecule has 1 rings (SSSR count). The van der Waals surface area contributed by atoms with E-state index in [0.717, 1.165) is 6.07 Å². The van der Waals surface area contributed by atoms with Gasteiger partial charge in [0.25, 0.3) is 0 Å². The third-order valence-electron chi connectivity index (χ3n) is 1.46. The summed E-state index contributed by atoms with van der Waals surface area (Å²) < 4.78 is 33.4. The second-order valence-corrected chi connectivity index (χ2v) is 3.78. The fourth-order valence-corrected chi connectivity index (χ4v) is 1.62. The molecule has 0 saturated heterocycles. The van der Waals surface area contributed by atoms with Crippen molar-refractivity contribution in [3.63, 3.8) is 0 Å². The molecule has 0 aliphatic rings. The van der Waals surface area contributed by atoms with E-state index in [2.05, 4.69) is 0 Å². The first kappa shape index (κ1) is 8.99. The Morgan fingerprint density at radius 1 is 1.42 bits per heavy atom. The van der Waals surface area contributed by atoms with E-state index in [1.54, 1.807) is 0 Å². The molecule has 0 amide bonds. The monoisotopic (exact) mass is 189 g/mol. The topological polar surface area (TPSA) is 60.2 Å². The van der Waals surface area contributed by atoms with Crippen LogP contribution in [-0.4, -0.2) is 8.42 Å². The van der Waals surface area contributed by atoms with Gasteiger partial charge >= 0.3 is 10.2 Å². The third kappa shape index (κ3) is 1.73. The minimum absolute atomic E-state index is 0.317. The first-order valence-electron chi connectivity index (χ1n) is 3.22. The maximum absolute atomic E-state index is 12.4. The average Bonchev–Trinajstić information content (AvgIpc) is 1.83. The van der Waals surface area contributed by atoms with Crippen molar-refractivity contribution in [2.24, 2.45) is 0 Å². The summed E-state index contributed by atoms with van der Waals surface area (Å²) in [6.07, 6.45) is 0. The summed E-state index contributed by atoms with van der Waals surface area (Å²) in [5.41, 5.74) is 6.09. The molecule has 1 aromatic carbocycles. The molecule has 0 aliphatic carbocycles. The van der Waals surface area contributed by atoms with Gasteiger partial charge in [-0.2, -0.15) is 8.42 Å². The highest BCUT2D eigenvalue weighted by atomic mass is 32.3. The smallest absolute Gasteiger partial charge is 0.332 e. The van der Waals surface area contributed by atoms with Crippen LogP contribution in [-0.2, 0) is 10.2 Å². The van der Waals surface area contributed by atoms with Gasteiger partial charge in [0.05, 0.1) is 0 Å². The van der Waals surface area contributed by atoms with Gasteiger partial charge in [0, 0.05) is 5.69 Å². The minimum atomic E-state index is -4.61. The van der Waals surface area contributed by atoms with Crippen molar-refractivity contribution in [3.05, 3.63) is 23.8 Å². The van der Waals surface area contributed by atoms with E-state index in [1.807, 2.05) is 0 Å². The first-order valence-corrected chi connectivity index (χ1v) is 4.60. The molecule has 0 radical (unpaired) electrons. The maximum Gasteiger partial charge on any atom is 0.332 e. The van der Waals surface area contributed by atoms with E-state index in [0.29, 0.717) is 11.3 Å². The Hall–Kier alpha value is -1.10. The van der Waals surface area contributed by atoms with Crippen LogP contribution in [0.3, 0.4) is 0 Å². The van der Waals surface area contributed by atoms with Crippen molar-refractivity contribution in [2.45, 2.75) is 11.8 Å². The fraction of sp³-hybridized carbons (Fsp3) is 0.143. The number of halogens is 1. The highest BCUT2D eigenvalue weighted by Gasteiger charge is 2.14. The lowest BCUT2D eigenvalue weighted by Gasteiger charge is -2.00. The average molecular weight is 189 g/mol. The molecule has 0 spiro atoms. The van der Waals surface area contributed by atoms with Gasteiger partial charge in [-0.25, -0.2) is 0 Å². The van der Waals surface area contributed by atoms with Crippen molar-refractivity contribution >= 4 is 15.9 Å². The number of hydrogen-bond acceptors (Lipinski definition) is 3. The lowest BCUT2D eigenvalue weighted by molar-refractivity contribution is 0.551. The van der Waals surface area contributed by atoms with Crippen LogP contribution in [0.2, 0.25) is 0 Å². The van der Waals surface area contributed by atoms with E-state index < -0.39 is 10.2 Å². The molecule has 3 nitrogen and oxygen atoms in total. The quantitative estimate of drug-likeness (QED) is 0.534. The molecule has 5 heteroatoms. The standard InChI is InChI=1S/C7H8FNO2S/c1-5-4-6(9)2-3-7(5)12(8,10)11/h2-4H,9H2,1H3. The Kier molecular flexibility index (Phi) is 2.06. The maximum atomic E-state index is 12.4. The van der Waals surface area contributed by atoms with E-state index >= 15 is 0 Å². The van der Waals surface area contributed by atoms with Gasteiger partial charge in [0.15, 0.2) is 0 Å². The first-order chi connectivity index (χ1) is 5.41. The Morgan fingerprint density at radius 2 is 2.00 bits per heavy atom. The zero-order valence-electron chi connectivity index (χ0n) is 6.41. The summed E-state index contributed by atoms with van der Waals surface area (Å²) >= 11 is 0. The lowest BCUT2D eigenvalue weighted by atomic mass is 10.2. The molecule has 0 saturated carbocycles. The van der Waals surface area contributed by atoms with Crippen LogP contribution in [0.25, 0.3) is 0 Å². The van der Waals surface area contributed by atoms with Gasteiger partial charge in [-0.3, -0.25) is 0 Å². The van der Waals surface area contributed by atoms with E-state index in [1.165, 1.54) is 19.1 Å². The van der Waals surface area contributed by atoms with Gasteiger partial charge in [0.1, 0.15) is 4.90 Å². The van der Waals surface area contributed by atoms with Gasteiger partial charge in [0.2, 0.25) is 0 Å². The van der Waals surface area contributed by atoms with Crippen molar-refractivity contribution in [1.29, 1.82) is 0 Å². The summed E-state index contributed by atoms with van der Waals surface area (Å²) in [7, 11) is -4.61. The van der Waals surface area contributed by atoms with E-state index in [-0.39, 0.29) is 4.90 Å². The molecule has 66 valence electrons. The van der Waals surface area contributed by atoms with E-state index in [9.17, 15) is 12.3 Å². The van der Waals surface area contributed by atoms with Gasteiger partial charge in [-0.1, -0.05) is 0 Å². The SMILES string of the molecule is Cc1cc(N)ccc1S(=O)(=O)F. The molecule has 0 fully saturated rings. The minimum Gasteiger partial charge on any atom is -0.399 e. The fourth-order valence-electron chi connectivity index (χ4n) is 0.946. The summed E-state index contributed by atoms with van der Waals surface area (Å²) in [6.45, 7) is 1.49. The zero-order chi connectivity index (χ0) is 9.35. The molecular formula is C7H8FNO2S. The van der Waals surface area contributed by atoms with Crippen LogP contribution in [0, 0.1) is 6.92 Å². The number of hydrogen-bond donors (Lipinski definition) is 1. The van der Waals surface area contributed by atoms with Crippen molar-refractivity contribution < 1.29 is 12.3 Å². The normalized spacial score (nSPS) is 11.5. The number of aryl methyl sites for hydroxylation is 1. The number of benzene rings is 1. The van der Waals surface area contributed by atoms with Crippen molar-refractivity contribution in [2.75, 3.05) is 5.73 Å². The Bertz CT molecular complexity index is 400. The summed E-state index contributed by atoms with van der Waals surface area (Å²) in [5.74, 6) is 0. The molecule has 0 bridgehead atoms. The Balaban J connectivity index is 3.39. The molecule has 0 unspecified atom stereocenters. The van der Waals surface area contributed by atoms with Gasteiger partial charge in [-0.05, 0) is 30.7 Å². The highest BCUT2D eigenvalue weighted by Crippen LogP contribution is 2.19. The van der Waals surface area contributed by atoms with Crippen LogP contribution >= 0.6 is 0 Å². The Labute approximate surface area is 70.2 Å². The number of nitrogen functional groups attached to an aromatic ring is 1. The molecule has 0 heterocycles. The second kappa shape index (κ2) is 2.75. The molecule has 12 heavy (non-hydrogen) atoms. The van der Waals surface area contributed by atoms with Crippen molar-refractivity contribution in [1.82, 2.24) is 0 Å².